The van der Waals surface area contributed by atoms with E-state index in [9.17, 15) is 10.2 Å². The molecule has 2 N–H and O–H groups in total. The highest BCUT2D eigenvalue weighted by atomic mass is 16.4. The van der Waals surface area contributed by atoms with Crippen LogP contribution in [0, 0.1) is 0 Å². The number of hydrogen-bond acceptors (Lipinski definition) is 2. The van der Waals surface area contributed by atoms with E-state index in [0.29, 0.717) is 51.9 Å². The van der Waals surface area contributed by atoms with Gasteiger partial charge in [0.15, 0.2) is 0 Å². The number of rotatable bonds is 1. The molecule has 4 heteroatoms. The molecule has 2 aliphatic rings. The molecule has 4 nitrogen and oxygen atoms in total. The summed E-state index contributed by atoms with van der Waals surface area (Å²) in [6.07, 6.45) is 2.40. The molecule has 14 heavy (non-hydrogen) atoms. The van der Waals surface area contributed by atoms with Crippen LogP contribution in [-0.4, -0.2) is 47.6 Å². The van der Waals surface area contributed by atoms with Crippen LogP contribution in [0.15, 0.2) is 0 Å². The van der Waals surface area contributed by atoms with Gasteiger partial charge in [0, 0.05) is 26.2 Å². The van der Waals surface area contributed by atoms with Crippen LogP contribution in [0.3, 0.4) is 0 Å². The monoisotopic (exact) mass is 198 g/mol. The molecular weight excluding hydrogens is 180 g/mol. The van der Waals surface area contributed by atoms with E-state index in [2.05, 4.69) is 10.6 Å². The lowest BCUT2D eigenvalue weighted by Gasteiger charge is -2.47. The van der Waals surface area contributed by atoms with Gasteiger partial charge in [-0.15, -0.1) is 0 Å². The van der Waals surface area contributed by atoms with Gasteiger partial charge in [0.1, 0.15) is 0 Å². The molecule has 2 radical (unpaired) electrons. The maximum Gasteiger partial charge on any atom is 0.0959 e. The lowest BCUT2D eigenvalue weighted by molar-refractivity contribution is -0.177. The minimum absolute atomic E-state index is 0.601. The predicted molar refractivity (Wildman–Crippen MR) is 52.1 cm³/mol. The summed E-state index contributed by atoms with van der Waals surface area (Å²) in [4.78, 5) is 0. The SMILES string of the molecule is OC1(C2(O)CC[N]CC2)CC[N]CC1. The summed E-state index contributed by atoms with van der Waals surface area (Å²) in [5.74, 6) is 0. The van der Waals surface area contributed by atoms with Gasteiger partial charge in [-0.25, -0.2) is 10.6 Å². The minimum atomic E-state index is -0.912. The first-order valence-electron chi connectivity index (χ1n) is 5.38. The minimum Gasteiger partial charge on any atom is -0.387 e. The van der Waals surface area contributed by atoms with Gasteiger partial charge in [-0.05, 0) is 25.7 Å². The third kappa shape index (κ3) is 1.67. The third-order valence-corrected chi connectivity index (χ3v) is 3.60. The average Bonchev–Trinajstić information content (AvgIpc) is 2.20. The van der Waals surface area contributed by atoms with Gasteiger partial charge in [-0.3, -0.25) is 0 Å². The van der Waals surface area contributed by atoms with Gasteiger partial charge >= 0.3 is 0 Å². The molecule has 0 bridgehead atoms. The quantitative estimate of drug-likeness (QED) is 0.582. The van der Waals surface area contributed by atoms with E-state index >= 15 is 0 Å². The van der Waals surface area contributed by atoms with E-state index in [0.717, 1.165) is 0 Å². The second-order valence-corrected chi connectivity index (χ2v) is 4.40. The van der Waals surface area contributed by atoms with Gasteiger partial charge in [-0.2, -0.15) is 0 Å². The fourth-order valence-corrected chi connectivity index (χ4v) is 2.46. The van der Waals surface area contributed by atoms with Crippen molar-refractivity contribution in [2.45, 2.75) is 36.9 Å². The molecule has 0 unspecified atom stereocenters. The molecule has 0 saturated carbocycles. The second kappa shape index (κ2) is 3.77. The van der Waals surface area contributed by atoms with Crippen molar-refractivity contribution in [2.75, 3.05) is 26.2 Å². The van der Waals surface area contributed by atoms with Crippen LogP contribution in [0.5, 0.6) is 0 Å². The topological polar surface area (TPSA) is 68.7 Å². The number of hydrogen-bond donors (Lipinski definition) is 2. The Kier molecular flexibility index (Phi) is 2.79. The standard InChI is InChI=1S/C10H18N2O2/c13-9(1-5-11-6-2-9)10(14)3-7-12-8-4-10/h13-14H,1-8H2. The van der Waals surface area contributed by atoms with Crippen molar-refractivity contribution in [3.05, 3.63) is 0 Å². The van der Waals surface area contributed by atoms with Crippen LogP contribution in [0.2, 0.25) is 0 Å². The Hall–Kier alpha value is -0.160. The normalized spacial score (nSPS) is 31.3. The molecule has 0 amide bonds. The first kappa shape index (κ1) is 10.4. The molecular formula is C10H18N2O2. The van der Waals surface area contributed by atoms with E-state index in [1.165, 1.54) is 0 Å². The Morgan fingerprint density at radius 3 is 1.21 bits per heavy atom. The summed E-state index contributed by atoms with van der Waals surface area (Å²) in [5, 5.41) is 29.2. The van der Waals surface area contributed by atoms with Gasteiger partial charge in [0.25, 0.3) is 0 Å². The van der Waals surface area contributed by atoms with Crippen molar-refractivity contribution in [1.29, 1.82) is 0 Å². The molecule has 80 valence electrons. The average molecular weight is 198 g/mol. The smallest absolute Gasteiger partial charge is 0.0959 e. The lowest BCUT2D eigenvalue weighted by atomic mass is 9.71. The summed E-state index contributed by atoms with van der Waals surface area (Å²) in [6, 6.07) is 0. The molecule has 2 fully saturated rings. The molecule has 0 aromatic carbocycles. The Morgan fingerprint density at radius 2 is 0.929 bits per heavy atom. The molecule has 2 aliphatic heterocycles. The number of piperidine rings is 2. The first-order valence-corrected chi connectivity index (χ1v) is 5.38. The number of nitrogens with zero attached hydrogens (tertiary/aromatic N) is 2. The summed E-state index contributed by atoms with van der Waals surface area (Å²) in [7, 11) is 0. The van der Waals surface area contributed by atoms with Gasteiger partial charge in [0.2, 0.25) is 0 Å². The molecule has 0 spiro atoms. The van der Waals surface area contributed by atoms with E-state index in [4.69, 9.17) is 0 Å². The zero-order valence-corrected chi connectivity index (χ0v) is 8.45. The molecule has 2 rings (SSSR count). The zero-order chi connectivity index (χ0) is 10.1. The van der Waals surface area contributed by atoms with Crippen LogP contribution in [0.25, 0.3) is 0 Å². The summed E-state index contributed by atoms with van der Waals surface area (Å²) >= 11 is 0. The Balaban J connectivity index is 2.09. The third-order valence-electron chi connectivity index (χ3n) is 3.60. The van der Waals surface area contributed by atoms with Crippen molar-refractivity contribution < 1.29 is 10.2 Å². The molecule has 0 atom stereocenters. The van der Waals surface area contributed by atoms with E-state index in [1.807, 2.05) is 0 Å². The van der Waals surface area contributed by atoms with Crippen molar-refractivity contribution in [3.8, 4) is 0 Å². The van der Waals surface area contributed by atoms with Crippen LogP contribution in [-0.2, 0) is 0 Å². The Labute approximate surface area is 84.7 Å². The molecule has 2 saturated heterocycles. The zero-order valence-electron chi connectivity index (χ0n) is 8.45. The highest BCUT2D eigenvalue weighted by Crippen LogP contribution is 2.37. The van der Waals surface area contributed by atoms with Crippen molar-refractivity contribution >= 4 is 0 Å². The van der Waals surface area contributed by atoms with Gasteiger partial charge in [-0.1, -0.05) is 0 Å². The molecule has 2 heterocycles. The van der Waals surface area contributed by atoms with Crippen LogP contribution >= 0.6 is 0 Å². The maximum atomic E-state index is 10.4. The van der Waals surface area contributed by atoms with Crippen molar-refractivity contribution in [1.82, 2.24) is 10.6 Å². The van der Waals surface area contributed by atoms with E-state index in [-0.39, 0.29) is 0 Å². The first-order chi connectivity index (χ1) is 6.66. The Morgan fingerprint density at radius 1 is 0.643 bits per heavy atom. The Bertz CT molecular complexity index is 174. The second-order valence-electron chi connectivity index (χ2n) is 4.40. The summed E-state index contributed by atoms with van der Waals surface area (Å²) in [5.41, 5.74) is -1.82. The van der Waals surface area contributed by atoms with Crippen LogP contribution in [0.1, 0.15) is 25.7 Å². The fourth-order valence-electron chi connectivity index (χ4n) is 2.46. The molecule has 0 aliphatic carbocycles. The van der Waals surface area contributed by atoms with E-state index < -0.39 is 11.2 Å². The van der Waals surface area contributed by atoms with Gasteiger partial charge < -0.3 is 10.2 Å². The predicted octanol–water partition coefficient (Wildman–Crippen LogP) is -0.755. The van der Waals surface area contributed by atoms with Crippen LogP contribution < -0.4 is 10.6 Å². The van der Waals surface area contributed by atoms with Crippen molar-refractivity contribution in [2.24, 2.45) is 0 Å². The van der Waals surface area contributed by atoms with E-state index in [1.54, 1.807) is 0 Å². The van der Waals surface area contributed by atoms with Crippen molar-refractivity contribution in [3.63, 3.8) is 0 Å². The van der Waals surface area contributed by atoms with Gasteiger partial charge in [0.05, 0.1) is 11.2 Å². The fraction of sp³-hybridized carbons (Fsp3) is 1.00. The molecule has 0 aromatic heterocycles. The largest absolute Gasteiger partial charge is 0.387 e. The number of aliphatic hydroxyl groups is 2. The highest BCUT2D eigenvalue weighted by Gasteiger charge is 2.49. The summed E-state index contributed by atoms with van der Waals surface area (Å²) < 4.78 is 0. The maximum absolute atomic E-state index is 10.4. The van der Waals surface area contributed by atoms with Crippen LogP contribution in [0.4, 0.5) is 0 Å². The highest BCUT2D eigenvalue weighted by molar-refractivity contribution is 5.03. The lowest BCUT2D eigenvalue weighted by Crippen LogP contribution is -2.60. The molecule has 0 aromatic rings. The summed E-state index contributed by atoms with van der Waals surface area (Å²) in [6.45, 7) is 2.71.